The molecule has 0 saturated carbocycles. The molecule has 7 heteroatoms. The van der Waals surface area contributed by atoms with E-state index in [9.17, 15) is 4.79 Å². The highest BCUT2D eigenvalue weighted by atomic mass is 35.5. The van der Waals surface area contributed by atoms with Gasteiger partial charge < -0.3 is 19.7 Å². The molecule has 0 spiro atoms. The van der Waals surface area contributed by atoms with Gasteiger partial charge in [-0.3, -0.25) is 0 Å². The molecule has 2 aromatic carbocycles. The number of methoxy groups -OCH3 is 1. The fraction of sp³-hybridized carbons (Fsp3) is 0.188. The number of carbonyl (C=O) groups is 1. The zero-order valence-electron chi connectivity index (χ0n) is 12.9. The van der Waals surface area contributed by atoms with Crippen LogP contribution >= 0.6 is 23.2 Å². The first-order valence-electron chi connectivity index (χ1n) is 6.70. The van der Waals surface area contributed by atoms with Crippen molar-refractivity contribution in [2.45, 2.75) is 0 Å². The molecule has 5 nitrogen and oxygen atoms in total. The number of halogens is 2. The summed E-state index contributed by atoms with van der Waals surface area (Å²) in [6.07, 6.45) is 0. The summed E-state index contributed by atoms with van der Waals surface area (Å²) >= 11 is 12.2. The van der Waals surface area contributed by atoms with Crippen LogP contribution in [0.25, 0.3) is 0 Å². The van der Waals surface area contributed by atoms with Gasteiger partial charge in [-0.15, -0.1) is 0 Å². The minimum absolute atomic E-state index is 0.239. The molecule has 122 valence electrons. The molecule has 0 aliphatic rings. The topological polar surface area (TPSA) is 50.8 Å². The van der Waals surface area contributed by atoms with Crippen LogP contribution in [0, 0.1) is 0 Å². The summed E-state index contributed by atoms with van der Waals surface area (Å²) in [7, 11) is 4.84. The van der Waals surface area contributed by atoms with E-state index < -0.39 is 0 Å². The maximum Gasteiger partial charge on any atom is 0.321 e. The average molecular weight is 355 g/mol. The SMILES string of the molecule is COc1cc(Oc2ccc(NC(=O)N(C)C)cc2Cl)ccc1Cl. The van der Waals surface area contributed by atoms with E-state index in [0.29, 0.717) is 33.0 Å². The summed E-state index contributed by atoms with van der Waals surface area (Å²) in [6, 6.07) is 9.81. The molecule has 0 atom stereocenters. The number of ether oxygens (including phenoxy) is 2. The largest absolute Gasteiger partial charge is 0.495 e. The first-order valence-corrected chi connectivity index (χ1v) is 7.45. The van der Waals surface area contributed by atoms with Crippen LogP contribution in [0.15, 0.2) is 36.4 Å². The maximum absolute atomic E-state index is 11.6. The van der Waals surface area contributed by atoms with E-state index >= 15 is 0 Å². The second-order valence-electron chi connectivity index (χ2n) is 4.87. The van der Waals surface area contributed by atoms with Crippen molar-refractivity contribution in [1.82, 2.24) is 4.90 Å². The lowest BCUT2D eigenvalue weighted by Crippen LogP contribution is -2.27. The Bertz CT molecular complexity index is 720. The molecule has 0 heterocycles. The summed E-state index contributed by atoms with van der Waals surface area (Å²) < 4.78 is 10.9. The van der Waals surface area contributed by atoms with E-state index in [4.69, 9.17) is 32.7 Å². The van der Waals surface area contributed by atoms with Crippen molar-refractivity contribution < 1.29 is 14.3 Å². The molecule has 2 amide bonds. The van der Waals surface area contributed by atoms with E-state index in [1.807, 2.05) is 0 Å². The Morgan fingerprint density at radius 2 is 1.78 bits per heavy atom. The van der Waals surface area contributed by atoms with Gasteiger partial charge in [-0.2, -0.15) is 0 Å². The molecule has 0 radical (unpaired) electrons. The van der Waals surface area contributed by atoms with E-state index in [-0.39, 0.29) is 6.03 Å². The van der Waals surface area contributed by atoms with E-state index in [1.165, 1.54) is 12.0 Å². The van der Waals surface area contributed by atoms with Crippen molar-refractivity contribution in [1.29, 1.82) is 0 Å². The fourth-order valence-electron chi connectivity index (χ4n) is 1.73. The Kier molecular flexibility index (Phi) is 5.58. The second-order valence-corrected chi connectivity index (χ2v) is 5.68. The highest BCUT2D eigenvalue weighted by molar-refractivity contribution is 6.32. The van der Waals surface area contributed by atoms with Crippen molar-refractivity contribution in [3.8, 4) is 17.2 Å². The van der Waals surface area contributed by atoms with Crippen molar-refractivity contribution in [3.05, 3.63) is 46.4 Å². The minimum atomic E-state index is -0.239. The van der Waals surface area contributed by atoms with Gasteiger partial charge >= 0.3 is 6.03 Å². The molecule has 1 N–H and O–H groups in total. The van der Waals surface area contributed by atoms with Crippen LogP contribution in [0.1, 0.15) is 0 Å². The zero-order chi connectivity index (χ0) is 17.0. The van der Waals surface area contributed by atoms with Crippen LogP contribution in [-0.2, 0) is 0 Å². The third-order valence-corrected chi connectivity index (χ3v) is 3.55. The van der Waals surface area contributed by atoms with Crippen molar-refractivity contribution in [2.75, 3.05) is 26.5 Å². The molecule has 0 saturated heterocycles. The molecule has 0 fully saturated rings. The van der Waals surface area contributed by atoms with Crippen LogP contribution in [0.5, 0.6) is 17.2 Å². The molecule has 0 aliphatic carbocycles. The molecule has 23 heavy (non-hydrogen) atoms. The van der Waals surface area contributed by atoms with Crippen LogP contribution in [-0.4, -0.2) is 32.1 Å². The summed E-state index contributed by atoms with van der Waals surface area (Å²) in [4.78, 5) is 13.0. The number of urea groups is 1. The van der Waals surface area contributed by atoms with Gasteiger partial charge in [0.05, 0.1) is 17.2 Å². The summed E-state index contributed by atoms with van der Waals surface area (Å²) in [5.74, 6) is 1.51. The van der Waals surface area contributed by atoms with Crippen molar-refractivity contribution in [2.24, 2.45) is 0 Å². The number of nitrogens with one attached hydrogen (secondary N) is 1. The number of benzene rings is 2. The number of carbonyl (C=O) groups excluding carboxylic acids is 1. The van der Waals surface area contributed by atoms with E-state index in [2.05, 4.69) is 5.32 Å². The summed E-state index contributed by atoms with van der Waals surface area (Å²) in [6.45, 7) is 0. The molecule has 0 aliphatic heterocycles. The van der Waals surface area contributed by atoms with Gasteiger partial charge in [0.2, 0.25) is 0 Å². The number of hydrogen-bond donors (Lipinski definition) is 1. The summed E-state index contributed by atoms with van der Waals surface area (Å²) in [5, 5.41) is 3.57. The zero-order valence-corrected chi connectivity index (χ0v) is 14.4. The van der Waals surface area contributed by atoms with Crippen LogP contribution in [0.3, 0.4) is 0 Å². The Labute approximate surface area is 144 Å². The smallest absolute Gasteiger partial charge is 0.321 e. The second kappa shape index (κ2) is 7.44. The monoisotopic (exact) mass is 354 g/mol. The first-order chi connectivity index (χ1) is 10.9. The lowest BCUT2D eigenvalue weighted by atomic mass is 10.3. The number of anilines is 1. The van der Waals surface area contributed by atoms with Crippen LogP contribution < -0.4 is 14.8 Å². The lowest BCUT2D eigenvalue weighted by Gasteiger charge is -2.14. The van der Waals surface area contributed by atoms with Gasteiger partial charge in [-0.25, -0.2) is 4.79 Å². The number of nitrogens with zero attached hydrogens (tertiary/aromatic N) is 1. The Morgan fingerprint density at radius 1 is 1.04 bits per heavy atom. The first kappa shape index (κ1) is 17.2. The van der Waals surface area contributed by atoms with Crippen LogP contribution in [0.2, 0.25) is 10.0 Å². The average Bonchev–Trinajstić information content (AvgIpc) is 2.51. The summed E-state index contributed by atoms with van der Waals surface area (Å²) in [5.41, 5.74) is 0.578. The Morgan fingerprint density at radius 3 is 2.39 bits per heavy atom. The van der Waals surface area contributed by atoms with Gasteiger partial charge in [-0.05, 0) is 30.3 Å². The van der Waals surface area contributed by atoms with Crippen LogP contribution in [0.4, 0.5) is 10.5 Å². The predicted octanol–water partition coefficient (Wildman–Crippen LogP) is 4.89. The third-order valence-electron chi connectivity index (χ3n) is 2.94. The third kappa shape index (κ3) is 4.43. The van der Waals surface area contributed by atoms with Gasteiger partial charge in [0.1, 0.15) is 17.2 Å². The molecular formula is C16H16Cl2N2O3. The van der Waals surface area contributed by atoms with E-state index in [1.54, 1.807) is 50.5 Å². The standard InChI is InChI=1S/C16H16Cl2N2O3/c1-20(2)16(21)19-10-4-7-14(13(18)8-10)23-11-5-6-12(17)15(9-11)22-3/h4-9H,1-3H3,(H,19,21). The Balaban J connectivity index is 2.17. The predicted molar refractivity (Wildman–Crippen MR) is 92.2 cm³/mol. The molecule has 0 unspecified atom stereocenters. The number of rotatable bonds is 4. The molecule has 2 rings (SSSR count). The molecule has 2 aromatic rings. The van der Waals surface area contributed by atoms with Crippen molar-refractivity contribution in [3.63, 3.8) is 0 Å². The van der Waals surface area contributed by atoms with E-state index in [0.717, 1.165) is 0 Å². The maximum atomic E-state index is 11.6. The number of hydrogen-bond acceptors (Lipinski definition) is 3. The van der Waals surface area contributed by atoms with Gasteiger partial charge in [0.25, 0.3) is 0 Å². The molecule has 0 bridgehead atoms. The number of amides is 2. The quantitative estimate of drug-likeness (QED) is 0.850. The Hall–Kier alpha value is -2.11. The van der Waals surface area contributed by atoms with Gasteiger partial charge in [0, 0.05) is 25.8 Å². The van der Waals surface area contributed by atoms with Gasteiger partial charge in [-0.1, -0.05) is 23.2 Å². The molecule has 0 aromatic heterocycles. The van der Waals surface area contributed by atoms with Gasteiger partial charge in [0.15, 0.2) is 0 Å². The van der Waals surface area contributed by atoms with Crippen molar-refractivity contribution >= 4 is 34.9 Å². The minimum Gasteiger partial charge on any atom is -0.495 e. The lowest BCUT2D eigenvalue weighted by molar-refractivity contribution is 0.230. The normalized spacial score (nSPS) is 10.1. The highest BCUT2D eigenvalue weighted by Gasteiger charge is 2.09. The molecular weight excluding hydrogens is 339 g/mol. The fourth-order valence-corrected chi connectivity index (χ4v) is 2.14. The highest BCUT2D eigenvalue weighted by Crippen LogP contribution is 2.35.